The second-order valence-electron chi connectivity index (χ2n) is 12.8. The zero-order valence-corrected chi connectivity index (χ0v) is 27.7. The minimum absolute atomic E-state index is 0.00810. The fourth-order valence-corrected chi connectivity index (χ4v) is 9.18. The van der Waals surface area contributed by atoms with E-state index < -0.39 is 23.3 Å². The van der Waals surface area contributed by atoms with Crippen molar-refractivity contribution in [1.82, 2.24) is 19.8 Å². The molecule has 7 rings (SSSR count). The van der Waals surface area contributed by atoms with Gasteiger partial charge in [0.2, 0.25) is 5.91 Å². The van der Waals surface area contributed by atoms with Crippen LogP contribution in [0.5, 0.6) is 6.01 Å². The third-order valence-electron chi connectivity index (χ3n) is 10.2. The molecule has 4 aromatic rings. The lowest BCUT2D eigenvalue weighted by atomic mass is 9.95. The normalized spacial score (nSPS) is 24.3. The van der Waals surface area contributed by atoms with E-state index in [0.717, 1.165) is 30.7 Å². The summed E-state index contributed by atoms with van der Waals surface area (Å²) in [4.78, 5) is 27.4. The number of nitriles is 1. The number of alkyl halides is 1. The molecular formula is C33H33ClF3N7O2S. The molecule has 0 bridgehead atoms. The number of fused-ring (bicyclic) bond motifs is 3. The van der Waals surface area contributed by atoms with Gasteiger partial charge in [-0.15, -0.1) is 11.3 Å². The molecular weight excluding hydrogens is 651 g/mol. The number of nitrogen functional groups attached to an aromatic ring is 1. The fourth-order valence-electron chi connectivity index (χ4n) is 7.94. The molecule has 0 aliphatic carbocycles. The van der Waals surface area contributed by atoms with Gasteiger partial charge in [-0.3, -0.25) is 9.69 Å². The highest BCUT2D eigenvalue weighted by molar-refractivity contribution is 7.23. The molecule has 0 unspecified atom stereocenters. The summed E-state index contributed by atoms with van der Waals surface area (Å²) in [6.45, 7) is 5.32. The molecule has 9 nitrogen and oxygen atoms in total. The summed E-state index contributed by atoms with van der Waals surface area (Å²) >= 11 is 7.74. The highest BCUT2D eigenvalue weighted by atomic mass is 35.5. The van der Waals surface area contributed by atoms with Gasteiger partial charge in [-0.2, -0.15) is 15.2 Å². The Morgan fingerprint density at radius 2 is 2.11 bits per heavy atom. The average molecular weight is 684 g/mol. The Labute approximate surface area is 278 Å². The number of halogens is 4. The first-order valence-corrected chi connectivity index (χ1v) is 16.8. The van der Waals surface area contributed by atoms with Gasteiger partial charge in [0, 0.05) is 55.9 Å². The predicted molar refractivity (Wildman–Crippen MR) is 177 cm³/mol. The maximum absolute atomic E-state index is 17.0. The van der Waals surface area contributed by atoms with Crippen molar-refractivity contribution in [3.63, 3.8) is 0 Å². The van der Waals surface area contributed by atoms with Crippen LogP contribution < -0.4 is 15.4 Å². The van der Waals surface area contributed by atoms with Gasteiger partial charge in [-0.1, -0.05) is 17.7 Å². The van der Waals surface area contributed by atoms with Crippen molar-refractivity contribution in [1.29, 1.82) is 5.26 Å². The summed E-state index contributed by atoms with van der Waals surface area (Å²) in [6.07, 6.45) is 1.74. The molecule has 3 saturated heterocycles. The van der Waals surface area contributed by atoms with E-state index in [1.807, 2.05) is 24.9 Å². The molecule has 3 aliphatic rings. The number of carbonyl (C=O) groups excluding carboxylic acids is 1. The van der Waals surface area contributed by atoms with Crippen LogP contribution >= 0.6 is 22.9 Å². The van der Waals surface area contributed by atoms with Crippen molar-refractivity contribution in [2.75, 3.05) is 43.9 Å². The number of aromatic nitrogens is 2. The van der Waals surface area contributed by atoms with Gasteiger partial charge in [0.25, 0.3) is 0 Å². The fraction of sp³-hybridized carbons (Fsp3) is 0.455. The Morgan fingerprint density at radius 3 is 2.83 bits per heavy atom. The number of nitrogens with zero attached hydrogens (tertiary/aromatic N) is 6. The number of likely N-dealkylation sites (N-methyl/N-ethyl adjacent to an activating group) is 1. The first-order chi connectivity index (χ1) is 22.4. The minimum atomic E-state index is -0.953. The summed E-state index contributed by atoms with van der Waals surface area (Å²) in [7, 11) is 1.83. The number of hydrogen-bond donors (Lipinski definition) is 1. The molecule has 3 fully saturated rings. The summed E-state index contributed by atoms with van der Waals surface area (Å²) in [5, 5.41) is 10.5. The van der Waals surface area contributed by atoms with Crippen molar-refractivity contribution in [3.05, 3.63) is 40.4 Å². The molecule has 2 aromatic carbocycles. The molecule has 3 aliphatic heterocycles. The van der Waals surface area contributed by atoms with E-state index in [4.69, 9.17) is 27.1 Å². The zero-order valence-electron chi connectivity index (χ0n) is 26.1. The Hall–Kier alpha value is -3.86. The molecule has 0 saturated carbocycles. The highest BCUT2D eigenvalue weighted by Gasteiger charge is 2.49. The number of amides is 1. The van der Waals surface area contributed by atoms with Crippen molar-refractivity contribution in [2.45, 2.75) is 63.3 Å². The van der Waals surface area contributed by atoms with Gasteiger partial charge in [0.05, 0.1) is 26.9 Å². The summed E-state index contributed by atoms with van der Waals surface area (Å²) < 4.78 is 52.7. The lowest BCUT2D eigenvalue weighted by Crippen LogP contribution is -2.44. The molecule has 47 heavy (non-hydrogen) atoms. The minimum Gasteiger partial charge on any atom is -0.461 e. The van der Waals surface area contributed by atoms with E-state index >= 15 is 4.39 Å². The summed E-state index contributed by atoms with van der Waals surface area (Å²) in [5.41, 5.74) is 5.66. The van der Waals surface area contributed by atoms with Crippen LogP contribution in [-0.2, 0) is 4.79 Å². The number of benzene rings is 2. The van der Waals surface area contributed by atoms with Crippen LogP contribution in [-0.4, -0.2) is 82.8 Å². The van der Waals surface area contributed by atoms with Crippen LogP contribution in [0.4, 0.5) is 24.0 Å². The first kappa shape index (κ1) is 31.7. The second kappa shape index (κ2) is 11.7. The van der Waals surface area contributed by atoms with Crippen molar-refractivity contribution in [3.8, 4) is 23.2 Å². The maximum atomic E-state index is 17.0. The number of carbonyl (C=O) groups is 1. The molecule has 14 heteroatoms. The lowest BCUT2D eigenvalue weighted by Gasteiger charge is -2.33. The Balaban J connectivity index is 1.39. The number of rotatable bonds is 6. The quantitative estimate of drug-likeness (QED) is 0.252. The van der Waals surface area contributed by atoms with Gasteiger partial charge in [-0.05, 0) is 50.4 Å². The van der Waals surface area contributed by atoms with Crippen LogP contribution in [0.25, 0.3) is 32.1 Å². The molecule has 4 atom stereocenters. The molecule has 1 amide bonds. The Morgan fingerprint density at radius 1 is 1.32 bits per heavy atom. The molecule has 2 aromatic heterocycles. The average Bonchev–Trinajstić information content (AvgIpc) is 3.77. The van der Waals surface area contributed by atoms with Gasteiger partial charge in [0.15, 0.2) is 5.82 Å². The number of thiophene rings is 1. The lowest BCUT2D eigenvalue weighted by molar-refractivity contribution is -0.129. The molecule has 246 valence electrons. The maximum Gasteiger partial charge on any atom is 0.319 e. The number of ether oxygens (including phenoxy) is 1. The number of likely N-dealkylation sites (tertiary alicyclic amines) is 1. The molecule has 2 N–H and O–H groups in total. The third-order valence-corrected chi connectivity index (χ3v) is 11.5. The Bertz CT molecular complexity index is 1990. The van der Waals surface area contributed by atoms with Crippen molar-refractivity contribution >= 4 is 60.7 Å². The third kappa shape index (κ3) is 5.03. The van der Waals surface area contributed by atoms with Crippen LogP contribution in [0.2, 0.25) is 5.02 Å². The van der Waals surface area contributed by atoms with Crippen molar-refractivity contribution < 1.29 is 22.7 Å². The van der Waals surface area contributed by atoms with Crippen LogP contribution in [0.3, 0.4) is 0 Å². The van der Waals surface area contributed by atoms with E-state index in [1.165, 1.54) is 19.1 Å². The van der Waals surface area contributed by atoms with Gasteiger partial charge >= 0.3 is 6.01 Å². The molecule has 5 heterocycles. The zero-order chi connectivity index (χ0) is 33.4. The SMILES string of the molecule is CC(=O)N1CC[C@@H](N(C)c2nc(OC[C@@]34CCCN3C[C@H](F)C4)nc3c(F)c(-c4ccc(F)c5sc(N)c(C#N)c45)c(Cl)cc23)[C@H]1C. The van der Waals surface area contributed by atoms with E-state index in [9.17, 15) is 18.8 Å². The highest BCUT2D eigenvalue weighted by Crippen LogP contribution is 2.46. The predicted octanol–water partition coefficient (Wildman–Crippen LogP) is 6.30. The van der Waals surface area contributed by atoms with Crippen LogP contribution in [0.15, 0.2) is 18.2 Å². The largest absolute Gasteiger partial charge is 0.461 e. The summed E-state index contributed by atoms with van der Waals surface area (Å²) in [6, 6.07) is 5.77. The number of nitrogens with two attached hydrogens (primary N) is 1. The van der Waals surface area contributed by atoms with Crippen LogP contribution in [0, 0.1) is 23.0 Å². The number of hydrogen-bond acceptors (Lipinski definition) is 9. The van der Waals surface area contributed by atoms with E-state index in [0.29, 0.717) is 37.1 Å². The topological polar surface area (TPSA) is 112 Å². The van der Waals surface area contributed by atoms with E-state index in [1.54, 1.807) is 11.0 Å². The number of anilines is 2. The molecule has 0 radical (unpaired) electrons. The smallest absolute Gasteiger partial charge is 0.319 e. The van der Waals surface area contributed by atoms with Crippen molar-refractivity contribution in [2.24, 2.45) is 0 Å². The van der Waals surface area contributed by atoms with Gasteiger partial charge in [0.1, 0.15) is 41.0 Å². The van der Waals surface area contributed by atoms with Gasteiger partial charge in [-0.25, -0.2) is 13.2 Å². The van der Waals surface area contributed by atoms with E-state index in [2.05, 4.69) is 9.88 Å². The molecule has 0 spiro atoms. The van der Waals surface area contributed by atoms with E-state index in [-0.39, 0.29) is 72.9 Å². The first-order valence-electron chi connectivity index (χ1n) is 15.6. The summed E-state index contributed by atoms with van der Waals surface area (Å²) in [5.74, 6) is -1.07. The Kier molecular flexibility index (Phi) is 7.88. The van der Waals surface area contributed by atoms with Crippen LogP contribution in [0.1, 0.15) is 45.1 Å². The second-order valence-corrected chi connectivity index (χ2v) is 14.3. The standard InChI is InChI=1S/C33H33ClF3N7O2S/c1-16-24(7-10-44(16)17(2)45)42(3)31-20-11-22(34)26(19-5-6-23(36)29-25(19)21(13-38)30(39)47-29)27(37)28(20)40-32(41-31)46-15-33-8-4-9-43(33)14-18(35)12-33/h5-6,11,16,18,24H,4,7-10,12,14-15,39H2,1-3H3/t16-,18-,24-,33+/m1/s1. The van der Waals surface area contributed by atoms with Gasteiger partial charge < -0.3 is 20.3 Å². The monoisotopic (exact) mass is 683 g/mol.